The van der Waals surface area contributed by atoms with Crippen LogP contribution in [0.5, 0.6) is 0 Å². The van der Waals surface area contributed by atoms with Crippen molar-refractivity contribution in [2.24, 2.45) is 5.92 Å². The molecule has 0 spiro atoms. The highest BCUT2D eigenvalue weighted by Crippen LogP contribution is 2.37. The Bertz CT molecular complexity index is 1040. The van der Waals surface area contributed by atoms with Gasteiger partial charge in [-0.05, 0) is 68.9 Å². The Morgan fingerprint density at radius 2 is 2.15 bits per heavy atom. The molecule has 0 aromatic carbocycles. The number of nitrogens with zero attached hydrogens (tertiary/aromatic N) is 5. The van der Waals surface area contributed by atoms with Gasteiger partial charge in [-0.1, -0.05) is 18.7 Å². The molecule has 0 unspecified atom stereocenters. The second-order valence-corrected chi connectivity index (χ2v) is 10.7. The first-order valence-corrected chi connectivity index (χ1v) is 10.9. The third kappa shape index (κ3) is 3.42. The first-order valence-electron chi connectivity index (χ1n) is 9.24. The van der Waals surface area contributed by atoms with Crippen molar-refractivity contribution in [2.45, 2.75) is 69.8 Å². The smallest absolute Gasteiger partial charge is 0.259 e. The molecular formula is C18H24N6OS2. The van der Waals surface area contributed by atoms with E-state index in [0.29, 0.717) is 11.7 Å². The summed E-state index contributed by atoms with van der Waals surface area (Å²) in [4.78, 5) is 22.8. The number of nitrogens with one attached hydrogen (secondary N) is 1. The molecule has 1 N–H and O–H groups in total. The van der Waals surface area contributed by atoms with E-state index in [1.54, 1.807) is 16.0 Å². The maximum absolute atomic E-state index is 12.8. The minimum Gasteiger partial charge on any atom is -0.309 e. The lowest BCUT2D eigenvalue weighted by Gasteiger charge is -2.20. The van der Waals surface area contributed by atoms with Crippen molar-refractivity contribution in [3.8, 4) is 0 Å². The molecular weight excluding hydrogens is 380 g/mol. The zero-order valence-electron chi connectivity index (χ0n) is 16.2. The number of aryl methyl sites for hydroxylation is 1. The van der Waals surface area contributed by atoms with E-state index in [4.69, 9.17) is 4.98 Å². The SMILES string of the molecule is C[C@@H]1CCc2c(sc3nc([C@@H](C)Sc4nnnn4C(C)(C)C)[nH]c(=O)c23)C1. The van der Waals surface area contributed by atoms with Crippen molar-refractivity contribution < 1.29 is 0 Å². The standard InChI is InChI=1S/C18H24N6OS2/c1-9-6-7-11-12(8-9)27-16-13(11)15(25)19-14(20-16)10(2)26-17-21-22-23-24(17)18(3,4)5/h9-10H,6-8H2,1-5H3,(H,19,20,25)/t9-,10-/m1/s1. The Labute approximate surface area is 166 Å². The van der Waals surface area contributed by atoms with Crippen molar-refractivity contribution in [1.82, 2.24) is 30.2 Å². The number of fused-ring (bicyclic) bond motifs is 3. The molecule has 0 aliphatic heterocycles. The van der Waals surface area contributed by atoms with Gasteiger partial charge >= 0.3 is 0 Å². The van der Waals surface area contributed by atoms with E-state index in [1.807, 2.05) is 6.92 Å². The van der Waals surface area contributed by atoms with E-state index >= 15 is 0 Å². The molecule has 1 aliphatic carbocycles. The van der Waals surface area contributed by atoms with Crippen LogP contribution in [0.3, 0.4) is 0 Å². The van der Waals surface area contributed by atoms with Crippen LogP contribution < -0.4 is 5.56 Å². The van der Waals surface area contributed by atoms with Crippen LogP contribution in [0.4, 0.5) is 0 Å². The fraction of sp³-hybridized carbons (Fsp3) is 0.611. The summed E-state index contributed by atoms with van der Waals surface area (Å²) in [5, 5.41) is 13.5. The molecule has 2 atom stereocenters. The lowest BCUT2D eigenvalue weighted by molar-refractivity contribution is 0.321. The van der Waals surface area contributed by atoms with Crippen LogP contribution in [0.25, 0.3) is 10.2 Å². The van der Waals surface area contributed by atoms with E-state index in [1.165, 1.54) is 22.2 Å². The number of rotatable bonds is 3. The molecule has 0 radical (unpaired) electrons. The Balaban J connectivity index is 1.68. The van der Waals surface area contributed by atoms with Crippen molar-refractivity contribution in [3.63, 3.8) is 0 Å². The van der Waals surface area contributed by atoms with Gasteiger partial charge in [0.05, 0.1) is 16.2 Å². The molecule has 3 heterocycles. The number of H-pyrrole nitrogens is 1. The Kier molecular flexibility index (Phi) is 4.62. The van der Waals surface area contributed by atoms with Gasteiger partial charge in [-0.2, -0.15) is 0 Å². The highest BCUT2D eigenvalue weighted by Gasteiger charge is 2.26. The van der Waals surface area contributed by atoms with Crippen LogP contribution in [0.15, 0.2) is 9.95 Å². The van der Waals surface area contributed by atoms with Crippen LogP contribution in [0, 0.1) is 5.92 Å². The van der Waals surface area contributed by atoms with Crippen molar-refractivity contribution in [3.05, 3.63) is 26.6 Å². The fourth-order valence-corrected chi connectivity index (χ4v) is 5.87. The molecule has 0 saturated heterocycles. The minimum atomic E-state index is -0.208. The Hall–Kier alpha value is -1.74. The van der Waals surface area contributed by atoms with E-state index in [2.05, 4.69) is 48.2 Å². The summed E-state index contributed by atoms with van der Waals surface area (Å²) in [5.41, 5.74) is 0.982. The summed E-state index contributed by atoms with van der Waals surface area (Å²) in [7, 11) is 0. The zero-order valence-corrected chi connectivity index (χ0v) is 17.9. The van der Waals surface area contributed by atoms with Crippen molar-refractivity contribution in [1.29, 1.82) is 0 Å². The summed E-state index contributed by atoms with van der Waals surface area (Å²) in [6.07, 6.45) is 3.17. The molecule has 3 aromatic heterocycles. The number of thiophene rings is 1. The van der Waals surface area contributed by atoms with E-state index in [9.17, 15) is 4.79 Å². The predicted octanol–water partition coefficient (Wildman–Crippen LogP) is 3.70. The van der Waals surface area contributed by atoms with Gasteiger partial charge in [-0.15, -0.1) is 16.4 Å². The van der Waals surface area contributed by atoms with Gasteiger partial charge < -0.3 is 4.98 Å². The number of hydrogen-bond acceptors (Lipinski definition) is 7. The lowest BCUT2D eigenvalue weighted by Crippen LogP contribution is -2.24. The second kappa shape index (κ2) is 6.70. The molecule has 0 bridgehead atoms. The quantitative estimate of drug-likeness (QED) is 0.670. The Morgan fingerprint density at radius 3 is 2.89 bits per heavy atom. The van der Waals surface area contributed by atoms with E-state index in [-0.39, 0.29) is 16.3 Å². The maximum atomic E-state index is 12.8. The highest BCUT2D eigenvalue weighted by atomic mass is 32.2. The molecule has 0 saturated carbocycles. The van der Waals surface area contributed by atoms with Crippen molar-refractivity contribution >= 4 is 33.3 Å². The number of thioether (sulfide) groups is 1. The van der Waals surface area contributed by atoms with Gasteiger partial charge in [0.15, 0.2) is 0 Å². The molecule has 0 fully saturated rings. The van der Waals surface area contributed by atoms with Gasteiger partial charge in [-0.25, -0.2) is 9.67 Å². The van der Waals surface area contributed by atoms with Crippen molar-refractivity contribution in [2.75, 3.05) is 0 Å². The zero-order chi connectivity index (χ0) is 19.3. The van der Waals surface area contributed by atoms with Crippen LogP contribution in [0.2, 0.25) is 0 Å². The summed E-state index contributed by atoms with van der Waals surface area (Å²) < 4.78 is 1.80. The summed E-state index contributed by atoms with van der Waals surface area (Å²) >= 11 is 3.19. The molecule has 144 valence electrons. The minimum absolute atomic E-state index is 0.0232. The number of aromatic amines is 1. The molecule has 9 heteroatoms. The summed E-state index contributed by atoms with van der Waals surface area (Å²) in [6, 6.07) is 0. The highest BCUT2D eigenvalue weighted by molar-refractivity contribution is 7.99. The number of aromatic nitrogens is 6. The first kappa shape index (κ1) is 18.6. The summed E-state index contributed by atoms with van der Waals surface area (Å²) in [6.45, 7) is 10.5. The molecule has 7 nitrogen and oxygen atoms in total. The summed E-state index contributed by atoms with van der Waals surface area (Å²) in [5.74, 6) is 1.35. The van der Waals surface area contributed by atoms with Gasteiger partial charge in [0.25, 0.3) is 5.56 Å². The van der Waals surface area contributed by atoms with Crippen LogP contribution in [-0.4, -0.2) is 30.2 Å². The maximum Gasteiger partial charge on any atom is 0.259 e. The van der Waals surface area contributed by atoms with Crippen LogP contribution in [0.1, 0.15) is 62.6 Å². The Morgan fingerprint density at radius 1 is 1.37 bits per heavy atom. The average Bonchev–Trinajstić information content (AvgIpc) is 3.17. The third-order valence-electron chi connectivity index (χ3n) is 4.93. The molecule has 1 aliphatic rings. The number of hydrogen-bond donors (Lipinski definition) is 1. The fourth-order valence-electron chi connectivity index (χ4n) is 3.45. The number of tetrazole rings is 1. The van der Waals surface area contributed by atoms with E-state index < -0.39 is 0 Å². The lowest BCUT2D eigenvalue weighted by atomic mass is 9.89. The molecule has 27 heavy (non-hydrogen) atoms. The van der Waals surface area contributed by atoms with Gasteiger partial charge in [-0.3, -0.25) is 4.79 Å². The predicted molar refractivity (Wildman–Crippen MR) is 109 cm³/mol. The monoisotopic (exact) mass is 404 g/mol. The van der Waals surface area contributed by atoms with E-state index in [0.717, 1.165) is 34.6 Å². The third-order valence-corrected chi connectivity index (χ3v) is 7.12. The van der Waals surface area contributed by atoms with Gasteiger partial charge in [0.2, 0.25) is 5.16 Å². The topological polar surface area (TPSA) is 89.3 Å². The molecule has 0 amide bonds. The van der Waals surface area contributed by atoms with Gasteiger partial charge in [0.1, 0.15) is 10.7 Å². The average molecular weight is 405 g/mol. The van der Waals surface area contributed by atoms with Gasteiger partial charge in [0, 0.05) is 4.88 Å². The largest absolute Gasteiger partial charge is 0.309 e. The normalized spacial score (nSPS) is 18.6. The molecule has 4 rings (SSSR count). The van der Waals surface area contributed by atoms with Crippen LogP contribution in [-0.2, 0) is 18.4 Å². The molecule has 3 aromatic rings. The first-order chi connectivity index (χ1) is 12.7. The second-order valence-electron chi connectivity index (χ2n) is 8.29. The van der Waals surface area contributed by atoms with Crippen LogP contribution >= 0.6 is 23.1 Å².